The largest absolute Gasteiger partial charge is 0.368 e. The van der Waals surface area contributed by atoms with Crippen molar-refractivity contribution in [2.45, 2.75) is 33.1 Å². The van der Waals surface area contributed by atoms with Crippen molar-refractivity contribution < 1.29 is 9.32 Å². The zero-order valence-electron chi connectivity index (χ0n) is 22.0. The number of carbonyl (C=O) groups is 1. The van der Waals surface area contributed by atoms with Crippen LogP contribution in [-0.4, -0.2) is 64.0 Å². The van der Waals surface area contributed by atoms with Crippen molar-refractivity contribution in [2.24, 2.45) is 0 Å². The zero-order chi connectivity index (χ0) is 26.2. The Morgan fingerprint density at radius 2 is 1.78 bits per heavy atom. The average molecular weight is 500 g/mol. The van der Waals surface area contributed by atoms with E-state index in [2.05, 4.69) is 43.5 Å². The number of nitrogens with zero attached hydrogens (tertiary/aromatic N) is 6. The fourth-order valence-corrected chi connectivity index (χ4v) is 4.29. The highest BCUT2D eigenvalue weighted by Gasteiger charge is 2.22. The molecule has 1 aliphatic rings. The van der Waals surface area contributed by atoms with Crippen LogP contribution in [0, 0.1) is 6.92 Å². The van der Waals surface area contributed by atoms with Crippen LogP contribution in [0.5, 0.6) is 0 Å². The summed E-state index contributed by atoms with van der Waals surface area (Å²) >= 11 is 0. The Hall–Kier alpha value is -3.98. The Balaban J connectivity index is 1.35. The van der Waals surface area contributed by atoms with E-state index in [0.29, 0.717) is 11.4 Å². The van der Waals surface area contributed by atoms with Crippen molar-refractivity contribution in [3.8, 4) is 16.8 Å². The van der Waals surface area contributed by atoms with Gasteiger partial charge in [-0.05, 0) is 37.7 Å². The van der Waals surface area contributed by atoms with Crippen molar-refractivity contribution in [1.29, 1.82) is 0 Å². The Bertz CT molecular complexity index is 1410. The number of aromatic nitrogens is 4. The van der Waals surface area contributed by atoms with E-state index in [1.54, 1.807) is 6.07 Å². The molecule has 1 N–H and O–H groups in total. The summed E-state index contributed by atoms with van der Waals surface area (Å²) in [4.78, 5) is 22.0. The maximum atomic E-state index is 12.8. The number of hydrogen-bond acceptors (Lipinski definition) is 7. The molecule has 0 aliphatic carbocycles. The van der Waals surface area contributed by atoms with Gasteiger partial charge < -0.3 is 19.6 Å². The highest BCUT2D eigenvalue weighted by molar-refractivity contribution is 6.03. The van der Waals surface area contributed by atoms with Crippen LogP contribution in [0.1, 0.15) is 42.6 Å². The minimum Gasteiger partial charge on any atom is -0.368 e. The summed E-state index contributed by atoms with van der Waals surface area (Å²) in [5.41, 5.74) is 5.72. The van der Waals surface area contributed by atoms with Crippen molar-refractivity contribution in [3.63, 3.8) is 0 Å². The van der Waals surface area contributed by atoms with Gasteiger partial charge in [-0.25, -0.2) is 4.68 Å². The molecule has 0 unspecified atom stereocenters. The Kier molecular flexibility index (Phi) is 6.55. The minimum absolute atomic E-state index is 0.222. The predicted octanol–water partition coefficient (Wildman–Crippen LogP) is 4.53. The minimum atomic E-state index is -0.318. The molecule has 9 heteroatoms. The summed E-state index contributed by atoms with van der Waals surface area (Å²) in [7, 11) is 2.15. The van der Waals surface area contributed by atoms with Crippen molar-refractivity contribution in [1.82, 2.24) is 24.8 Å². The topological polar surface area (TPSA) is 92.3 Å². The van der Waals surface area contributed by atoms with E-state index in [0.717, 1.165) is 54.2 Å². The second kappa shape index (κ2) is 9.82. The molecule has 192 valence electrons. The lowest BCUT2D eigenvalue weighted by atomic mass is 9.93. The molecular formula is C28H33N7O2. The smallest absolute Gasteiger partial charge is 0.277 e. The summed E-state index contributed by atoms with van der Waals surface area (Å²) in [6, 6.07) is 9.61. The van der Waals surface area contributed by atoms with Gasteiger partial charge in [-0.15, -0.1) is 0 Å². The average Bonchev–Trinajstić information content (AvgIpc) is 3.56. The van der Waals surface area contributed by atoms with E-state index in [4.69, 9.17) is 4.52 Å². The van der Waals surface area contributed by atoms with Crippen molar-refractivity contribution >= 4 is 17.3 Å². The van der Waals surface area contributed by atoms with Crippen molar-refractivity contribution in [2.75, 3.05) is 43.4 Å². The van der Waals surface area contributed by atoms with Crippen LogP contribution >= 0.6 is 0 Å². The number of likely N-dealkylation sites (N-methyl/N-ethyl adjacent to an activating group) is 1. The molecule has 0 spiro atoms. The van der Waals surface area contributed by atoms with Crippen LogP contribution in [0.3, 0.4) is 0 Å². The molecule has 0 atom stereocenters. The van der Waals surface area contributed by atoms with Gasteiger partial charge >= 0.3 is 0 Å². The number of benzene rings is 1. The highest BCUT2D eigenvalue weighted by atomic mass is 16.5. The molecule has 37 heavy (non-hydrogen) atoms. The maximum absolute atomic E-state index is 12.8. The molecule has 1 aliphatic heterocycles. The SMILES string of the molecule is Cc1ccc(NC(=O)c2cc(C(C)(C)C)on2)cc1-n1cc(-c2cncc(N3CCN(C)CC3)c2)cn1. The summed E-state index contributed by atoms with van der Waals surface area (Å²) in [6.45, 7) is 12.1. The summed E-state index contributed by atoms with van der Waals surface area (Å²) < 4.78 is 7.19. The maximum Gasteiger partial charge on any atom is 0.277 e. The van der Waals surface area contributed by atoms with E-state index in [9.17, 15) is 4.79 Å². The number of anilines is 2. The van der Waals surface area contributed by atoms with Gasteiger partial charge in [-0.2, -0.15) is 5.10 Å². The third-order valence-electron chi connectivity index (χ3n) is 6.70. The molecule has 1 saturated heterocycles. The van der Waals surface area contributed by atoms with Gasteiger partial charge in [0, 0.05) is 66.9 Å². The molecule has 4 aromatic rings. The molecule has 5 rings (SSSR count). The van der Waals surface area contributed by atoms with Gasteiger partial charge in [-0.3, -0.25) is 9.78 Å². The van der Waals surface area contributed by atoms with Gasteiger partial charge in [0.25, 0.3) is 5.91 Å². The fourth-order valence-electron chi connectivity index (χ4n) is 4.29. The standard InChI is InChI=1S/C28H33N7O2/c1-19-6-7-22(31-27(36)24-14-26(37-32-24)28(2,3)4)13-25(19)35-18-21(16-30-35)20-12-23(17-29-15-20)34-10-8-33(5)9-11-34/h6-7,12-18H,8-11H2,1-5H3,(H,31,36). The second-order valence-corrected chi connectivity index (χ2v) is 10.7. The summed E-state index contributed by atoms with van der Waals surface area (Å²) in [6.07, 6.45) is 7.63. The normalized spacial score (nSPS) is 14.7. The second-order valence-electron chi connectivity index (χ2n) is 10.7. The highest BCUT2D eigenvalue weighted by Crippen LogP contribution is 2.27. The molecule has 0 bridgehead atoms. The lowest BCUT2D eigenvalue weighted by molar-refractivity contribution is 0.101. The lowest BCUT2D eigenvalue weighted by Crippen LogP contribution is -2.44. The molecule has 1 amide bonds. The van der Waals surface area contributed by atoms with Gasteiger partial charge in [0.1, 0.15) is 5.76 Å². The van der Waals surface area contributed by atoms with E-state index in [1.165, 1.54) is 0 Å². The first kappa shape index (κ1) is 24.7. The number of aryl methyl sites for hydroxylation is 1. The van der Waals surface area contributed by atoms with Gasteiger partial charge in [0.15, 0.2) is 5.69 Å². The van der Waals surface area contributed by atoms with E-state index in [1.807, 2.05) is 75.4 Å². The van der Waals surface area contributed by atoms with E-state index in [-0.39, 0.29) is 17.0 Å². The number of rotatable bonds is 5. The Morgan fingerprint density at radius 3 is 2.51 bits per heavy atom. The van der Waals surface area contributed by atoms with Gasteiger partial charge in [-0.1, -0.05) is 32.0 Å². The molecule has 0 radical (unpaired) electrons. The van der Waals surface area contributed by atoms with Crippen molar-refractivity contribution in [3.05, 3.63) is 72.1 Å². The third-order valence-corrected chi connectivity index (χ3v) is 6.70. The molecule has 1 aromatic carbocycles. The van der Waals surface area contributed by atoms with Crippen LogP contribution in [0.25, 0.3) is 16.8 Å². The third kappa shape index (κ3) is 5.41. The van der Waals surface area contributed by atoms with Crippen LogP contribution in [0.15, 0.2) is 59.6 Å². The lowest BCUT2D eigenvalue weighted by Gasteiger charge is -2.33. The first-order valence-corrected chi connectivity index (χ1v) is 12.5. The number of carbonyl (C=O) groups excluding carboxylic acids is 1. The monoisotopic (exact) mass is 499 g/mol. The molecule has 1 fully saturated rings. The Morgan fingerprint density at radius 1 is 1.00 bits per heavy atom. The number of piperazine rings is 1. The van der Waals surface area contributed by atoms with Crippen LogP contribution in [0.4, 0.5) is 11.4 Å². The predicted molar refractivity (Wildman–Crippen MR) is 144 cm³/mol. The van der Waals surface area contributed by atoms with Crippen LogP contribution < -0.4 is 10.2 Å². The first-order chi connectivity index (χ1) is 17.7. The number of hydrogen-bond donors (Lipinski definition) is 1. The van der Waals surface area contributed by atoms with Gasteiger partial charge in [0.05, 0.1) is 23.8 Å². The molecular weight excluding hydrogens is 466 g/mol. The summed E-state index contributed by atoms with van der Waals surface area (Å²) in [5, 5.41) is 11.5. The summed E-state index contributed by atoms with van der Waals surface area (Å²) in [5.74, 6) is 0.347. The van der Waals surface area contributed by atoms with E-state index >= 15 is 0 Å². The van der Waals surface area contributed by atoms with Gasteiger partial charge in [0.2, 0.25) is 0 Å². The molecule has 0 saturated carbocycles. The molecule has 3 aromatic heterocycles. The Labute approximate surface area is 217 Å². The fraction of sp³-hybridized carbons (Fsp3) is 0.357. The number of nitrogens with one attached hydrogen (secondary N) is 1. The zero-order valence-corrected chi connectivity index (χ0v) is 22.0. The molecule has 9 nitrogen and oxygen atoms in total. The quantitative estimate of drug-likeness (QED) is 0.431. The number of pyridine rings is 1. The van der Waals surface area contributed by atoms with E-state index < -0.39 is 0 Å². The number of amides is 1. The van der Waals surface area contributed by atoms with Crippen LogP contribution in [-0.2, 0) is 5.41 Å². The first-order valence-electron chi connectivity index (χ1n) is 12.5. The van der Waals surface area contributed by atoms with Crippen LogP contribution in [0.2, 0.25) is 0 Å². The molecule has 4 heterocycles.